The third kappa shape index (κ3) is 2.99. The summed E-state index contributed by atoms with van der Waals surface area (Å²) in [5.41, 5.74) is 5.75. The van der Waals surface area contributed by atoms with E-state index in [2.05, 4.69) is 32.9 Å². The largest absolute Gasteiger partial charge is 0.338 e. The van der Waals surface area contributed by atoms with Crippen LogP contribution in [-0.2, 0) is 30.6 Å². The molecule has 0 bridgehead atoms. The van der Waals surface area contributed by atoms with Crippen LogP contribution in [0.3, 0.4) is 0 Å². The molecule has 1 amide bonds. The molecule has 19 heavy (non-hydrogen) atoms. The van der Waals surface area contributed by atoms with Crippen molar-refractivity contribution in [3.8, 4) is 0 Å². The molecule has 1 aliphatic heterocycles. The number of rotatable bonds is 4. The molecule has 1 aliphatic rings. The number of amides is 1. The van der Waals surface area contributed by atoms with Crippen molar-refractivity contribution in [3.63, 3.8) is 0 Å². The van der Waals surface area contributed by atoms with Gasteiger partial charge < -0.3 is 4.90 Å². The highest BCUT2D eigenvalue weighted by atomic mass is 16.2. The first-order valence-electron chi connectivity index (χ1n) is 7.60. The first-order valence-corrected chi connectivity index (χ1v) is 7.60. The Kier molecular flexibility index (Phi) is 4.62. The van der Waals surface area contributed by atoms with E-state index in [1.54, 1.807) is 0 Å². The molecule has 2 heteroatoms. The quantitative estimate of drug-likeness (QED) is 0.810. The van der Waals surface area contributed by atoms with E-state index in [0.717, 1.165) is 38.8 Å². The van der Waals surface area contributed by atoms with Crippen molar-refractivity contribution < 1.29 is 4.79 Å². The van der Waals surface area contributed by atoms with Crippen LogP contribution in [0.4, 0.5) is 0 Å². The molecule has 0 fully saturated rings. The monoisotopic (exact) mass is 259 g/mol. The zero-order valence-corrected chi connectivity index (χ0v) is 12.5. The van der Waals surface area contributed by atoms with Crippen molar-refractivity contribution in [2.45, 2.75) is 59.4 Å². The summed E-state index contributed by atoms with van der Waals surface area (Å²) in [5, 5.41) is 0. The third-order valence-electron chi connectivity index (χ3n) is 4.11. The summed E-state index contributed by atoms with van der Waals surface area (Å²) in [4.78, 5) is 14.0. The maximum absolute atomic E-state index is 12.0. The van der Waals surface area contributed by atoms with Gasteiger partial charge in [-0.2, -0.15) is 0 Å². The highest BCUT2D eigenvalue weighted by Crippen LogP contribution is 2.24. The summed E-state index contributed by atoms with van der Waals surface area (Å²) in [6.45, 7) is 8.20. The summed E-state index contributed by atoms with van der Waals surface area (Å²) in [6.07, 6.45) is 4.83. The van der Waals surface area contributed by atoms with Crippen molar-refractivity contribution >= 4 is 5.91 Å². The molecule has 2 rings (SSSR count). The van der Waals surface area contributed by atoms with Gasteiger partial charge in [-0.15, -0.1) is 0 Å². The average molecular weight is 259 g/mol. The van der Waals surface area contributed by atoms with E-state index in [0.29, 0.717) is 12.3 Å². The summed E-state index contributed by atoms with van der Waals surface area (Å²) >= 11 is 0. The van der Waals surface area contributed by atoms with Crippen molar-refractivity contribution in [1.82, 2.24) is 4.90 Å². The van der Waals surface area contributed by atoms with Gasteiger partial charge in [0, 0.05) is 19.5 Å². The second-order valence-corrected chi connectivity index (χ2v) is 5.41. The average Bonchev–Trinajstić information content (AvgIpc) is 2.45. The van der Waals surface area contributed by atoms with E-state index in [9.17, 15) is 4.79 Å². The normalized spacial score (nSPS) is 14.4. The topological polar surface area (TPSA) is 20.3 Å². The Morgan fingerprint density at radius 2 is 1.74 bits per heavy atom. The van der Waals surface area contributed by atoms with Gasteiger partial charge in [-0.05, 0) is 47.9 Å². The van der Waals surface area contributed by atoms with Gasteiger partial charge >= 0.3 is 0 Å². The Morgan fingerprint density at radius 3 is 2.32 bits per heavy atom. The fourth-order valence-corrected chi connectivity index (χ4v) is 2.95. The number of carbonyl (C=O) groups is 1. The van der Waals surface area contributed by atoms with Gasteiger partial charge in [-0.25, -0.2) is 0 Å². The summed E-state index contributed by atoms with van der Waals surface area (Å²) in [7, 11) is 0. The van der Waals surface area contributed by atoms with Crippen LogP contribution in [0.2, 0.25) is 0 Å². The highest BCUT2D eigenvalue weighted by molar-refractivity contribution is 5.76. The minimum absolute atomic E-state index is 0.311. The number of hydrogen-bond donors (Lipinski definition) is 0. The molecule has 104 valence electrons. The first kappa shape index (κ1) is 14.1. The van der Waals surface area contributed by atoms with Crippen LogP contribution in [0.1, 0.15) is 55.9 Å². The Balaban J connectivity index is 2.22. The Hall–Kier alpha value is -1.31. The van der Waals surface area contributed by atoms with Crippen LogP contribution in [0, 0.1) is 0 Å². The summed E-state index contributed by atoms with van der Waals surface area (Å²) in [5.74, 6) is 0.311. The smallest absolute Gasteiger partial charge is 0.222 e. The number of benzene rings is 1. The van der Waals surface area contributed by atoms with Gasteiger partial charge in [0.05, 0.1) is 0 Å². The second-order valence-electron chi connectivity index (χ2n) is 5.41. The number of nitrogens with zero attached hydrogens (tertiary/aromatic N) is 1. The predicted molar refractivity (Wildman–Crippen MR) is 79.2 cm³/mol. The molecule has 1 aromatic rings. The van der Waals surface area contributed by atoms with E-state index in [1.807, 2.05) is 4.90 Å². The lowest BCUT2D eigenvalue weighted by Crippen LogP contribution is -2.35. The minimum Gasteiger partial charge on any atom is -0.338 e. The molecular formula is C17H25NO. The lowest BCUT2D eigenvalue weighted by Gasteiger charge is -2.30. The number of aryl methyl sites for hydroxylation is 2. The van der Waals surface area contributed by atoms with E-state index < -0.39 is 0 Å². The van der Waals surface area contributed by atoms with Gasteiger partial charge in [0.15, 0.2) is 0 Å². The molecule has 0 aromatic heterocycles. The zero-order chi connectivity index (χ0) is 13.8. The molecule has 1 aromatic carbocycles. The van der Waals surface area contributed by atoms with Crippen LogP contribution in [-0.4, -0.2) is 17.4 Å². The van der Waals surface area contributed by atoms with Gasteiger partial charge in [0.2, 0.25) is 5.91 Å². The van der Waals surface area contributed by atoms with Crippen LogP contribution in [0.5, 0.6) is 0 Å². The SMILES string of the molecule is CCCC(=O)N1CCc2cc(CC)c(CC)cc2C1. The van der Waals surface area contributed by atoms with E-state index in [-0.39, 0.29) is 0 Å². The predicted octanol–water partition coefficient (Wildman–Crippen LogP) is 3.50. The fourth-order valence-electron chi connectivity index (χ4n) is 2.95. The van der Waals surface area contributed by atoms with Crippen LogP contribution < -0.4 is 0 Å². The van der Waals surface area contributed by atoms with Crippen molar-refractivity contribution in [1.29, 1.82) is 0 Å². The van der Waals surface area contributed by atoms with Crippen molar-refractivity contribution in [2.75, 3.05) is 6.54 Å². The molecule has 0 spiro atoms. The third-order valence-corrected chi connectivity index (χ3v) is 4.11. The molecular weight excluding hydrogens is 234 g/mol. The Labute approximate surface area is 116 Å². The lowest BCUT2D eigenvalue weighted by atomic mass is 9.91. The molecule has 0 unspecified atom stereocenters. The van der Waals surface area contributed by atoms with Gasteiger partial charge in [0.25, 0.3) is 0 Å². The standard InChI is InChI=1S/C17H25NO/c1-4-7-17(19)18-9-8-15-10-13(5-2)14(6-3)11-16(15)12-18/h10-11H,4-9,12H2,1-3H3. The second kappa shape index (κ2) is 6.23. The van der Waals surface area contributed by atoms with Crippen LogP contribution >= 0.6 is 0 Å². The Bertz CT molecular complexity index is 465. The summed E-state index contributed by atoms with van der Waals surface area (Å²) < 4.78 is 0. The number of hydrogen-bond acceptors (Lipinski definition) is 1. The zero-order valence-electron chi connectivity index (χ0n) is 12.5. The summed E-state index contributed by atoms with van der Waals surface area (Å²) in [6, 6.07) is 4.70. The molecule has 0 saturated carbocycles. The van der Waals surface area contributed by atoms with Crippen LogP contribution in [0.15, 0.2) is 12.1 Å². The van der Waals surface area contributed by atoms with Crippen LogP contribution in [0.25, 0.3) is 0 Å². The van der Waals surface area contributed by atoms with E-state index >= 15 is 0 Å². The molecule has 0 N–H and O–H groups in total. The molecule has 0 radical (unpaired) electrons. The molecule has 0 atom stereocenters. The first-order chi connectivity index (χ1) is 9.19. The lowest BCUT2D eigenvalue weighted by molar-refractivity contribution is -0.132. The molecule has 2 nitrogen and oxygen atoms in total. The fraction of sp³-hybridized carbons (Fsp3) is 0.588. The maximum Gasteiger partial charge on any atom is 0.222 e. The minimum atomic E-state index is 0.311. The number of carbonyl (C=O) groups excluding carboxylic acids is 1. The van der Waals surface area contributed by atoms with E-state index in [1.165, 1.54) is 22.3 Å². The molecule has 1 heterocycles. The van der Waals surface area contributed by atoms with Gasteiger partial charge in [-0.3, -0.25) is 4.79 Å². The van der Waals surface area contributed by atoms with E-state index in [4.69, 9.17) is 0 Å². The highest BCUT2D eigenvalue weighted by Gasteiger charge is 2.20. The molecule has 0 aliphatic carbocycles. The molecule has 0 saturated heterocycles. The number of fused-ring (bicyclic) bond motifs is 1. The van der Waals surface area contributed by atoms with Gasteiger partial charge in [0.1, 0.15) is 0 Å². The van der Waals surface area contributed by atoms with Gasteiger partial charge in [-0.1, -0.05) is 32.9 Å². The van der Waals surface area contributed by atoms with Crippen molar-refractivity contribution in [2.24, 2.45) is 0 Å². The van der Waals surface area contributed by atoms with Crippen molar-refractivity contribution in [3.05, 3.63) is 34.4 Å². The Morgan fingerprint density at radius 1 is 1.11 bits per heavy atom. The maximum atomic E-state index is 12.0.